The zero-order chi connectivity index (χ0) is 16.2. The second-order valence-corrected chi connectivity index (χ2v) is 5.82. The number of nitrogens with one attached hydrogen (secondary N) is 1. The molecule has 0 saturated carbocycles. The zero-order valence-corrected chi connectivity index (χ0v) is 14.5. The molecule has 0 spiro atoms. The lowest BCUT2D eigenvalue weighted by Gasteiger charge is -2.33. The summed E-state index contributed by atoms with van der Waals surface area (Å²) in [6.07, 6.45) is 1.45. The predicted molar refractivity (Wildman–Crippen MR) is 85.7 cm³/mol. The third kappa shape index (κ3) is 4.96. The number of hydrogen-bond donors (Lipinski definition) is 2. The highest BCUT2D eigenvalue weighted by Gasteiger charge is 2.29. The Morgan fingerprint density at radius 3 is 2.50 bits per heavy atom. The molecule has 1 atom stereocenters. The van der Waals surface area contributed by atoms with Gasteiger partial charge in [-0.15, -0.1) is 17.5 Å². The van der Waals surface area contributed by atoms with Crippen molar-refractivity contribution in [2.75, 3.05) is 20.6 Å². The normalized spacial score (nSPS) is 13.2. The molecule has 2 amide bonds. The van der Waals surface area contributed by atoms with Crippen LogP contribution in [-0.2, 0) is 11.3 Å². The summed E-state index contributed by atoms with van der Waals surface area (Å²) in [5.41, 5.74) is 5.39. The van der Waals surface area contributed by atoms with Crippen molar-refractivity contribution in [2.24, 2.45) is 11.7 Å². The highest BCUT2D eigenvalue weighted by Crippen LogP contribution is 2.15. The van der Waals surface area contributed by atoms with E-state index in [1.54, 1.807) is 14.1 Å². The summed E-state index contributed by atoms with van der Waals surface area (Å²) in [6.45, 7) is 6.23. The average Bonchev–Trinajstić information content (AvgIpc) is 2.86. The van der Waals surface area contributed by atoms with Gasteiger partial charge in [-0.2, -0.15) is 0 Å². The summed E-state index contributed by atoms with van der Waals surface area (Å²) < 4.78 is 1.34. The van der Waals surface area contributed by atoms with Crippen LogP contribution in [0.15, 0.2) is 6.20 Å². The van der Waals surface area contributed by atoms with E-state index < -0.39 is 5.54 Å². The zero-order valence-electron chi connectivity index (χ0n) is 13.7. The maximum atomic E-state index is 12.2. The molecule has 8 nitrogen and oxygen atoms in total. The molecule has 1 unspecified atom stereocenters. The molecule has 0 aromatic carbocycles. The first kappa shape index (κ1) is 20.3. The number of nitrogens with zero attached hydrogens (tertiary/aromatic N) is 4. The van der Waals surface area contributed by atoms with Crippen molar-refractivity contribution in [1.29, 1.82) is 0 Å². The summed E-state index contributed by atoms with van der Waals surface area (Å²) in [5, 5.41) is 10.5. The van der Waals surface area contributed by atoms with Crippen molar-refractivity contribution >= 4 is 24.2 Å². The maximum absolute atomic E-state index is 12.2. The minimum Gasteiger partial charge on any atom is -0.347 e. The van der Waals surface area contributed by atoms with E-state index in [2.05, 4.69) is 15.6 Å². The number of rotatable bonds is 6. The summed E-state index contributed by atoms with van der Waals surface area (Å²) in [7, 11) is 3.31. The average molecular weight is 333 g/mol. The SMILES string of the molecule is CC(C)C(C)(CN)NC(=O)c1cn(CC(=O)N(C)C)nn1.Cl. The molecule has 1 aromatic rings. The lowest BCUT2D eigenvalue weighted by molar-refractivity contribution is -0.129. The van der Waals surface area contributed by atoms with Gasteiger partial charge in [0.1, 0.15) is 6.54 Å². The van der Waals surface area contributed by atoms with Crippen LogP contribution in [-0.4, -0.2) is 57.9 Å². The molecule has 0 fully saturated rings. The van der Waals surface area contributed by atoms with Crippen LogP contribution >= 0.6 is 12.4 Å². The lowest BCUT2D eigenvalue weighted by Crippen LogP contribution is -2.55. The first-order chi connectivity index (χ1) is 9.69. The van der Waals surface area contributed by atoms with Crippen molar-refractivity contribution in [3.8, 4) is 0 Å². The molecule has 3 N–H and O–H groups in total. The van der Waals surface area contributed by atoms with E-state index in [0.29, 0.717) is 6.54 Å². The van der Waals surface area contributed by atoms with E-state index >= 15 is 0 Å². The third-order valence-corrected chi connectivity index (χ3v) is 3.66. The van der Waals surface area contributed by atoms with E-state index in [1.807, 2.05) is 20.8 Å². The number of carbonyl (C=O) groups excluding carboxylic acids is 2. The van der Waals surface area contributed by atoms with Gasteiger partial charge in [-0.3, -0.25) is 9.59 Å². The van der Waals surface area contributed by atoms with Crippen LogP contribution in [0.3, 0.4) is 0 Å². The summed E-state index contributed by atoms with van der Waals surface area (Å²) in [6, 6.07) is 0. The molecule has 0 bridgehead atoms. The number of halogens is 1. The summed E-state index contributed by atoms with van der Waals surface area (Å²) in [4.78, 5) is 25.2. The number of amides is 2. The van der Waals surface area contributed by atoms with Crippen LogP contribution in [0.1, 0.15) is 31.3 Å². The van der Waals surface area contributed by atoms with Gasteiger partial charge in [-0.25, -0.2) is 4.68 Å². The summed E-state index contributed by atoms with van der Waals surface area (Å²) >= 11 is 0. The number of hydrogen-bond acceptors (Lipinski definition) is 5. The van der Waals surface area contributed by atoms with Crippen molar-refractivity contribution < 1.29 is 9.59 Å². The van der Waals surface area contributed by atoms with E-state index in [1.165, 1.54) is 15.8 Å². The Kier molecular flexibility index (Phi) is 7.48. The molecule has 22 heavy (non-hydrogen) atoms. The molecule has 0 radical (unpaired) electrons. The van der Waals surface area contributed by atoms with E-state index in [0.717, 1.165) is 0 Å². The Labute approximate surface area is 136 Å². The van der Waals surface area contributed by atoms with Gasteiger partial charge in [-0.1, -0.05) is 19.1 Å². The van der Waals surface area contributed by atoms with Gasteiger partial charge in [0, 0.05) is 20.6 Å². The van der Waals surface area contributed by atoms with Crippen LogP contribution in [0.25, 0.3) is 0 Å². The van der Waals surface area contributed by atoms with Crippen molar-refractivity contribution in [1.82, 2.24) is 25.2 Å². The maximum Gasteiger partial charge on any atom is 0.273 e. The van der Waals surface area contributed by atoms with Crippen molar-refractivity contribution in [2.45, 2.75) is 32.9 Å². The fourth-order valence-electron chi connectivity index (χ4n) is 1.51. The summed E-state index contributed by atoms with van der Waals surface area (Å²) in [5.74, 6) is -0.294. The van der Waals surface area contributed by atoms with Gasteiger partial charge in [0.05, 0.1) is 11.7 Å². The smallest absolute Gasteiger partial charge is 0.273 e. The Balaban J connectivity index is 0.00000441. The molecule has 126 valence electrons. The molecular formula is C13H25ClN6O2. The highest BCUT2D eigenvalue weighted by atomic mass is 35.5. The highest BCUT2D eigenvalue weighted by molar-refractivity contribution is 5.92. The fraction of sp³-hybridized carbons (Fsp3) is 0.692. The standard InChI is InChI=1S/C13H24N6O2.ClH/c1-9(2)13(3,8-14)15-12(21)10-6-19(17-16-10)7-11(20)18(4)5;/h6,9H,7-8,14H2,1-5H3,(H,15,21);1H. The fourth-order valence-corrected chi connectivity index (χ4v) is 1.51. The first-order valence-electron chi connectivity index (χ1n) is 6.82. The third-order valence-electron chi connectivity index (χ3n) is 3.66. The van der Waals surface area contributed by atoms with E-state index in [9.17, 15) is 9.59 Å². The van der Waals surface area contributed by atoms with Gasteiger partial charge in [-0.05, 0) is 12.8 Å². The Morgan fingerprint density at radius 1 is 1.45 bits per heavy atom. The quantitative estimate of drug-likeness (QED) is 0.756. The molecule has 1 heterocycles. The number of nitrogens with two attached hydrogens (primary N) is 1. The monoisotopic (exact) mass is 332 g/mol. The van der Waals surface area contributed by atoms with Crippen LogP contribution < -0.4 is 11.1 Å². The van der Waals surface area contributed by atoms with E-state index in [-0.39, 0.29) is 42.4 Å². The van der Waals surface area contributed by atoms with Crippen LogP contribution in [0, 0.1) is 5.92 Å². The molecule has 1 rings (SSSR count). The lowest BCUT2D eigenvalue weighted by atomic mass is 9.88. The van der Waals surface area contributed by atoms with Crippen LogP contribution in [0.5, 0.6) is 0 Å². The second-order valence-electron chi connectivity index (χ2n) is 5.82. The van der Waals surface area contributed by atoms with Gasteiger partial charge in [0.15, 0.2) is 5.69 Å². The molecule has 1 aromatic heterocycles. The van der Waals surface area contributed by atoms with Crippen LogP contribution in [0.4, 0.5) is 0 Å². The Bertz CT molecular complexity index is 516. The van der Waals surface area contributed by atoms with Gasteiger partial charge in [0.25, 0.3) is 5.91 Å². The first-order valence-corrected chi connectivity index (χ1v) is 6.82. The predicted octanol–water partition coefficient (Wildman–Crippen LogP) is -0.109. The molecule has 0 saturated heterocycles. The van der Waals surface area contributed by atoms with Crippen molar-refractivity contribution in [3.63, 3.8) is 0 Å². The number of likely N-dealkylation sites (N-methyl/N-ethyl adjacent to an activating group) is 1. The molecule has 0 aliphatic heterocycles. The number of aromatic nitrogens is 3. The minimum atomic E-state index is -0.514. The minimum absolute atomic E-state index is 0. The van der Waals surface area contributed by atoms with Gasteiger partial charge < -0.3 is 16.0 Å². The molecule has 9 heteroatoms. The largest absolute Gasteiger partial charge is 0.347 e. The second kappa shape index (κ2) is 8.09. The van der Waals surface area contributed by atoms with Gasteiger partial charge >= 0.3 is 0 Å². The van der Waals surface area contributed by atoms with Gasteiger partial charge in [0.2, 0.25) is 5.91 Å². The van der Waals surface area contributed by atoms with E-state index in [4.69, 9.17) is 5.73 Å². The van der Waals surface area contributed by atoms with Crippen LogP contribution in [0.2, 0.25) is 0 Å². The topological polar surface area (TPSA) is 106 Å². The molecule has 0 aliphatic rings. The molecule has 0 aliphatic carbocycles. The van der Waals surface area contributed by atoms with Crippen molar-refractivity contribution in [3.05, 3.63) is 11.9 Å². The Morgan fingerprint density at radius 2 is 2.05 bits per heavy atom. The molecular weight excluding hydrogens is 308 g/mol. The number of carbonyl (C=O) groups is 2. The Hall–Kier alpha value is -1.67.